The van der Waals surface area contributed by atoms with Gasteiger partial charge in [0.05, 0.1) is 18.9 Å². The number of rotatable bonds is 7. The lowest BCUT2D eigenvalue weighted by Crippen LogP contribution is -2.30. The van der Waals surface area contributed by atoms with E-state index in [1.807, 2.05) is 12.3 Å². The lowest BCUT2D eigenvalue weighted by atomic mass is 10.1. The van der Waals surface area contributed by atoms with E-state index in [0.29, 0.717) is 18.4 Å². The molecule has 0 aromatic carbocycles. The molecule has 1 fully saturated rings. The highest BCUT2D eigenvalue weighted by Gasteiger charge is 2.30. The normalized spacial score (nSPS) is 23.5. The number of carbonyl (C=O) groups excluding carboxylic acids is 2. The molecule has 3 N–H and O–H groups in total. The van der Waals surface area contributed by atoms with E-state index in [-0.39, 0.29) is 31.8 Å². The predicted octanol–water partition coefficient (Wildman–Crippen LogP) is 0.488. The first-order valence-corrected chi connectivity index (χ1v) is 7.43. The number of carboxylic acid groups (broad SMARTS) is 1. The van der Waals surface area contributed by atoms with Gasteiger partial charge >= 0.3 is 11.9 Å². The number of nitrogens with zero attached hydrogens (tertiary/aromatic N) is 1. The molecule has 0 aromatic rings. The smallest absolute Gasteiger partial charge is 0.306 e. The molecular formula is C15H20N2O6. The van der Waals surface area contributed by atoms with E-state index >= 15 is 0 Å². The summed E-state index contributed by atoms with van der Waals surface area (Å²) in [4.78, 5) is 34.8. The van der Waals surface area contributed by atoms with Crippen molar-refractivity contribution in [1.29, 1.82) is 0 Å². The van der Waals surface area contributed by atoms with Crippen LogP contribution >= 0.6 is 0 Å². The minimum Gasteiger partial charge on any atom is -0.481 e. The Morgan fingerprint density at radius 1 is 1.35 bits per heavy atom. The van der Waals surface area contributed by atoms with Gasteiger partial charge < -0.3 is 25.2 Å². The summed E-state index contributed by atoms with van der Waals surface area (Å²) in [5, 5.41) is 8.50. The number of esters is 1. The molecule has 0 spiro atoms. The average Bonchev–Trinajstić information content (AvgIpc) is 3.00. The van der Waals surface area contributed by atoms with Crippen molar-refractivity contribution < 1.29 is 29.0 Å². The van der Waals surface area contributed by atoms with E-state index in [9.17, 15) is 14.4 Å². The fourth-order valence-electron chi connectivity index (χ4n) is 2.42. The Kier molecular flexibility index (Phi) is 5.75. The molecule has 2 rings (SSSR count). The van der Waals surface area contributed by atoms with Gasteiger partial charge in [-0.05, 0) is 19.3 Å². The molecule has 23 heavy (non-hydrogen) atoms. The van der Waals surface area contributed by atoms with Crippen LogP contribution < -0.4 is 5.73 Å². The van der Waals surface area contributed by atoms with Gasteiger partial charge in [-0.25, -0.2) is 0 Å². The second-order valence-corrected chi connectivity index (χ2v) is 5.42. The zero-order chi connectivity index (χ0) is 16.8. The number of hydrogen-bond donors (Lipinski definition) is 2. The largest absolute Gasteiger partial charge is 0.481 e. The number of amides is 1. The molecule has 1 saturated heterocycles. The van der Waals surface area contributed by atoms with Crippen LogP contribution in [0.3, 0.4) is 0 Å². The van der Waals surface area contributed by atoms with Crippen LogP contribution in [0.2, 0.25) is 0 Å². The van der Waals surface area contributed by atoms with Crippen LogP contribution in [-0.4, -0.2) is 46.8 Å². The first kappa shape index (κ1) is 17.0. The molecule has 0 saturated carbocycles. The summed E-state index contributed by atoms with van der Waals surface area (Å²) in [6.45, 7) is 0.0961. The van der Waals surface area contributed by atoms with Crippen molar-refractivity contribution in [2.45, 2.75) is 44.4 Å². The molecule has 0 radical (unpaired) electrons. The molecule has 8 heteroatoms. The van der Waals surface area contributed by atoms with Crippen molar-refractivity contribution in [3.8, 4) is 0 Å². The van der Waals surface area contributed by atoms with E-state index in [1.165, 1.54) is 0 Å². The molecule has 126 valence electrons. The van der Waals surface area contributed by atoms with E-state index in [1.54, 1.807) is 11.1 Å². The average molecular weight is 324 g/mol. The molecule has 2 atom stereocenters. The predicted molar refractivity (Wildman–Crippen MR) is 78.6 cm³/mol. The Labute approximate surface area is 133 Å². The molecule has 0 aromatic heterocycles. The van der Waals surface area contributed by atoms with Crippen LogP contribution in [0, 0.1) is 0 Å². The van der Waals surface area contributed by atoms with Gasteiger partial charge in [-0.3, -0.25) is 14.4 Å². The second-order valence-electron chi connectivity index (χ2n) is 5.42. The lowest BCUT2D eigenvalue weighted by Gasteiger charge is -2.27. The second kappa shape index (κ2) is 7.77. The Bertz CT molecular complexity index is 542. The zero-order valence-corrected chi connectivity index (χ0v) is 12.6. The van der Waals surface area contributed by atoms with Crippen molar-refractivity contribution >= 4 is 17.8 Å². The highest BCUT2D eigenvalue weighted by atomic mass is 16.6. The third kappa shape index (κ3) is 5.10. The summed E-state index contributed by atoms with van der Waals surface area (Å²) in [7, 11) is 0. The maximum atomic E-state index is 11.4. The number of nitrogens with two attached hydrogens (primary N) is 1. The maximum Gasteiger partial charge on any atom is 0.306 e. The Balaban J connectivity index is 1.77. The first-order chi connectivity index (χ1) is 11.0. The van der Waals surface area contributed by atoms with Crippen LogP contribution in [0.4, 0.5) is 0 Å². The van der Waals surface area contributed by atoms with Crippen LogP contribution in [-0.2, 0) is 23.9 Å². The molecule has 0 unspecified atom stereocenters. The number of carboxylic acids is 1. The fraction of sp³-hybridized carbons (Fsp3) is 0.533. The molecule has 2 heterocycles. The number of aliphatic carboxylic acids is 1. The number of hydrogen-bond acceptors (Lipinski definition) is 6. The number of ether oxygens (including phenoxy) is 2. The van der Waals surface area contributed by atoms with Crippen molar-refractivity contribution in [2.24, 2.45) is 5.73 Å². The summed E-state index contributed by atoms with van der Waals surface area (Å²) in [5.74, 6) is -2.04. The van der Waals surface area contributed by atoms with Gasteiger partial charge in [-0.1, -0.05) is 6.08 Å². The summed E-state index contributed by atoms with van der Waals surface area (Å²) < 4.78 is 10.8. The van der Waals surface area contributed by atoms with Crippen LogP contribution in [0.25, 0.3) is 0 Å². The van der Waals surface area contributed by atoms with E-state index < -0.39 is 17.8 Å². The van der Waals surface area contributed by atoms with E-state index in [2.05, 4.69) is 0 Å². The van der Waals surface area contributed by atoms with Gasteiger partial charge in [0.15, 0.2) is 0 Å². The third-order valence-corrected chi connectivity index (χ3v) is 3.63. The first-order valence-electron chi connectivity index (χ1n) is 7.43. The standard InChI is InChI=1S/C15H20N2O6/c16-15(21)10-2-1-7-17(8-10)12-4-3-11(23-12)9-22-14(20)6-5-13(18)19/h1,7-8,11-12H,2-6,9H2,(H2,16,21)(H,18,19)/t11-,12+/m0/s1. The van der Waals surface area contributed by atoms with Crippen LogP contribution in [0.15, 0.2) is 24.0 Å². The Morgan fingerprint density at radius 3 is 2.83 bits per heavy atom. The topological polar surface area (TPSA) is 119 Å². The van der Waals surface area contributed by atoms with Gasteiger partial charge in [0.25, 0.3) is 0 Å². The molecule has 2 aliphatic heterocycles. The number of carbonyl (C=O) groups is 3. The minimum atomic E-state index is -1.03. The van der Waals surface area contributed by atoms with Crippen molar-refractivity contribution in [3.63, 3.8) is 0 Å². The van der Waals surface area contributed by atoms with Gasteiger partial charge in [0.2, 0.25) is 5.91 Å². The number of primary amides is 1. The van der Waals surface area contributed by atoms with Gasteiger partial charge in [0, 0.05) is 18.0 Å². The van der Waals surface area contributed by atoms with Crippen molar-refractivity contribution in [3.05, 3.63) is 24.0 Å². The molecular weight excluding hydrogens is 304 g/mol. The van der Waals surface area contributed by atoms with Crippen LogP contribution in [0.1, 0.15) is 32.1 Å². The van der Waals surface area contributed by atoms with E-state index in [0.717, 1.165) is 6.42 Å². The maximum absolute atomic E-state index is 11.4. The molecule has 1 amide bonds. The zero-order valence-electron chi connectivity index (χ0n) is 12.6. The SMILES string of the molecule is NC(=O)C1=CN([C@H]2CC[C@@H](COC(=O)CCC(=O)O)O2)C=CC1. The van der Waals surface area contributed by atoms with E-state index in [4.69, 9.17) is 20.3 Å². The van der Waals surface area contributed by atoms with Gasteiger partial charge in [-0.15, -0.1) is 0 Å². The Hall–Kier alpha value is -2.35. The molecule has 0 aliphatic carbocycles. The summed E-state index contributed by atoms with van der Waals surface area (Å²) in [6, 6.07) is 0. The molecule has 0 bridgehead atoms. The highest BCUT2D eigenvalue weighted by molar-refractivity contribution is 5.92. The van der Waals surface area contributed by atoms with Gasteiger partial charge in [0.1, 0.15) is 12.8 Å². The monoisotopic (exact) mass is 324 g/mol. The highest BCUT2D eigenvalue weighted by Crippen LogP contribution is 2.26. The molecule has 2 aliphatic rings. The lowest BCUT2D eigenvalue weighted by molar-refractivity contribution is -0.151. The fourth-order valence-corrected chi connectivity index (χ4v) is 2.42. The third-order valence-electron chi connectivity index (χ3n) is 3.63. The summed E-state index contributed by atoms with van der Waals surface area (Å²) in [6.07, 6.45) is 6.42. The van der Waals surface area contributed by atoms with Gasteiger partial charge in [-0.2, -0.15) is 0 Å². The van der Waals surface area contributed by atoms with Crippen molar-refractivity contribution in [1.82, 2.24) is 4.90 Å². The number of allylic oxidation sites excluding steroid dienone is 1. The van der Waals surface area contributed by atoms with Crippen molar-refractivity contribution in [2.75, 3.05) is 6.61 Å². The minimum absolute atomic E-state index is 0.0961. The quantitative estimate of drug-likeness (QED) is 0.654. The summed E-state index contributed by atoms with van der Waals surface area (Å²) >= 11 is 0. The van der Waals surface area contributed by atoms with Crippen LogP contribution in [0.5, 0.6) is 0 Å². The summed E-state index contributed by atoms with van der Waals surface area (Å²) in [5.41, 5.74) is 5.79. The molecule has 8 nitrogen and oxygen atoms in total. The Morgan fingerprint density at radius 2 is 2.13 bits per heavy atom.